The molecule has 174 valence electrons. The third kappa shape index (κ3) is 6.09. The number of hydrogen-bond donors (Lipinski definition) is 2. The van der Waals surface area contributed by atoms with E-state index in [4.69, 9.17) is 16.3 Å². The van der Waals surface area contributed by atoms with Gasteiger partial charge in [-0.15, -0.1) is 0 Å². The Balaban J connectivity index is 1.44. The summed E-state index contributed by atoms with van der Waals surface area (Å²) in [7, 11) is 3.85. The molecule has 3 atom stereocenters. The molecule has 0 unspecified atom stereocenters. The van der Waals surface area contributed by atoms with Crippen LogP contribution in [-0.2, 0) is 17.6 Å². The number of aliphatic hydroxyl groups is 2. The fraction of sp³-hybridized carbons (Fsp3) is 0.385. The highest BCUT2D eigenvalue weighted by Crippen LogP contribution is 2.33. The van der Waals surface area contributed by atoms with Crippen molar-refractivity contribution in [2.24, 2.45) is 0 Å². The van der Waals surface area contributed by atoms with Gasteiger partial charge in [-0.2, -0.15) is 0 Å². The summed E-state index contributed by atoms with van der Waals surface area (Å²) in [6, 6.07) is 14.4. The predicted molar refractivity (Wildman–Crippen MR) is 130 cm³/mol. The maximum absolute atomic E-state index is 10.1. The summed E-state index contributed by atoms with van der Waals surface area (Å²) in [5.41, 5.74) is 5.41. The summed E-state index contributed by atoms with van der Waals surface area (Å²) < 4.78 is 5.96. The monoisotopic (exact) mass is 467 g/mol. The lowest BCUT2D eigenvalue weighted by molar-refractivity contribution is -0.113. The fourth-order valence-corrected chi connectivity index (χ4v) is 4.34. The van der Waals surface area contributed by atoms with Crippen molar-refractivity contribution in [3.63, 3.8) is 0 Å². The lowest BCUT2D eigenvalue weighted by Crippen LogP contribution is -2.33. The molecular weight excluding hydrogens is 438 g/mol. The van der Waals surface area contributed by atoms with Crippen molar-refractivity contribution in [3.8, 4) is 0 Å². The molecule has 1 aromatic heterocycles. The number of halogens is 1. The molecule has 0 amide bonds. The Morgan fingerprint density at radius 2 is 1.64 bits per heavy atom. The Bertz CT molecular complexity index is 1060. The summed E-state index contributed by atoms with van der Waals surface area (Å²) in [6.07, 6.45) is 5.14. The number of aromatic nitrogens is 2. The molecule has 1 saturated heterocycles. The second-order valence-electron chi connectivity index (χ2n) is 8.86. The van der Waals surface area contributed by atoms with Gasteiger partial charge in [-0.25, -0.2) is 9.97 Å². The summed E-state index contributed by atoms with van der Waals surface area (Å²) in [5, 5.41) is 20.3. The van der Waals surface area contributed by atoms with Gasteiger partial charge in [0.15, 0.2) is 0 Å². The first-order valence-electron chi connectivity index (χ1n) is 11.2. The Morgan fingerprint density at radius 3 is 2.27 bits per heavy atom. The summed E-state index contributed by atoms with van der Waals surface area (Å²) in [5.74, 6) is 0.702. The number of benzene rings is 2. The van der Waals surface area contributed by atoms with Gasteiger partial charge in [0.2, 0.25) is 5.95 Å². The van der Waals surface area contributed by atoms with Gasteiger partial charge in [0, 0.05) is 50.8 Å². The van der Waals surface area contributed by atoms with E-state index in [1.54, 1.807) is 0 Å². The second-order valence-corrected chi connectivity index (χ2v) is 9.27. The number of rotatable bonds is 7. The van der Waals surface area contributed by atoms with Crippen LogP contribution in [0.5, 0.6) is 0 Å². The zero-order valence-electron chi connectivity index (χ0n) is 19.0. The molecule has 0 radical (unpaired) electrons. The molecule has 3 aromatic rings. The van der Waals surface area contributed by atoms with Crippen molar-refractivity contribution in [2.75, 3.05) is 25.6 Å². The molecule has 0 spiro atoms. The first-order chi connectivity index (χ1) is 15.9. The highest BCUT2D eigenvalue weighted by atomic mass is 35.5. The maximum Gasteiger partial charge on any atom is 0.224 e. The van der Waals surface area contributed by atoms with E-state index in [0.717, 1.165) is 28.7 Å². The predicted octanol–water partition coefficient (Wildman–Crippen LogP) is 3.95. The van der Waals surface area contributed by atoms with Gasteiger partial charge in [0.25, 0.3) is 0 Å². The summed E-state index contributed by atoms with van der Waals surface area (Å²) in [6.45, 7) is -0.0910. The van der Waals surface area contributed by atoms with Crippen LogP contribution in [0.2, 0.25) is 5.02 Å². The van der Waals surface area contributed by atoms with Crippen LogP contribution in [0.15, 0.2) is 54.9 Å². The number of ether oxygens (including phenoxy) is 1. The van der Waals surface area contributed by atoms with Crippen LogP contribution < -0.4 is 4.90 Å². The first-order valence-corrected chi connectivity index (χ1v) is 11.6. The van der Waals surface area contributed by atoms with Crippen molar-refractivity contribution < 1.29 is 14.9 Å². The van der Waals surface area contributed by atoms with Crippen molar-refractivity contribution in [1.82, 2.24) is 9.97 Å². The normalized spacial score (nSPS) is 20.6. The zero-order chi connectivity index (χ0) is 23.4. The van der Waals surface area contributed by atoms with Crippen molar-refractivity contribution in [3.05, 3.63) is 87.7 Å². The molecule has 1 fully saturated rings. The minimum Gasteiger partial charge on any atom is -0.394 e. The number of nitrogens with zero attached hydrogens (tertiary/aromatic N) is 3. The van der Waals surface area contributed by atoms with Gasteiger partial charge in [-0.3, -0.25) is 0 Å². The van der Waals surface area contributed by atoms with Crippen LogP contribution in [0, 0.1) is 0 Å². The van der Waals surface area contributed by atoms with Gasteiger partial charge >= 0.3 is 0 Å². The van der Waals surface area contributed by atoms with Crippen LogP contribution in [0.4, 0.5) is 5.95 Å². The fourth-order valence-electron chi connectivity index (χ4n) is 4.15. The van der Waals surface area contributed by atoms with E-state index in [1.165, 1.54) is 5.56 Å². The first kappa shape index (κ1) is 23.6. The Morgan fingerprint density at radius 1 is 0.970 bits per heavy atom. The van der Waals surface area contributed by atoms with Gasteiger partial charge < -0.3 is 19.8 Å². The maximum atomic E-state index is 10.1. The molecule has 6 nitrogen and oxygen atoms in total. The number of hydrogen-bond acceptors (Lipinski definition) is 6. The molecule has 7 heteroatoms. The molecule has 1 aliphatic rings. The number of anilines is 1. The average Bonchev–Trinajstić information content (AvgIpc) is 2.81. The average molecular weight is 468 g/mol. The largest absolute Gasteiger partial charge is 0.394 e. The highest BCUT2D eigenvalue weighted by molar-refractivity contribution is 6.31. The minimum atomic E-state index is -0.475. The molecule has 2 heterocycles. The van der Waals surface area contributed by atoms with Crippen molar-refractivity contribution >= 4 is 17.5 Å². The highest BCUT2D eigenvalue weighted by Gasteiger charge is 2.29. The molecule has 1 aliphatic heterocycles. The molecule has 0 aliphatic carbocycles. The minimum absolute atomic E-state index is 0.0910. The van der Waals surface area contributed by atoms with E-state index in [1.807, 2.05) is 43.5 Å². The number of aliphatic hydroxyl groups excluding tert-OH is 2. The molecule has 2 N–H and O–H groups in total. The van der Waals surface area contributed by atoms with E-state index in [-0.39, 0.29) is 18.8 Å². The third-order valence-corrected chi connectivity index (χ3v) is 6.31. The Hall–Kier alpha value is -2.51. The van der Waals surface area contributed by atoms with Gasteiger partial charge in [0.05, 0.1) is 24.9 Å². The van der Waals surface area contributed by atoms with Crippen LogP contribution in [0.1, 0.15) is 46.8 Å². The quantitative estimate of drug-likeness (QED) is 0.547. The van der Waals surface area contributed by atoms with Gasteiger partial charge in [0.1, 0.15) is 0 Å². The molecule has 2 aromatic carbocycles. The smallest absolute Gasteiger partial charge is 0.224 e. The third-order valence-electron chi connectivity index (χ3n) is 5.94. The lowest BCUT2D eigenvalue weighted by Gasteiger charge is -2.32. The SMILES string of the molecule is CN(C)c1ncc(Cc2ccc(Cc3cc([C@H]4C[C@@H](O)C[C@@H](CO)O4)ccc3Cl)cc2)cn1. The van der Waals surface area contributed by atoms with E-state index < -0.39 is 6.10 Å². The zero-order valence-corrected chi connectivity index (χ0v) is 19.7. The molecule has 33 heavy (non-hydrogen) atoms. The summed E-state index contributed by atoms with van der Waals surface area (Å²) in [4.78, 5) is 10.6. The van der Waals surface area contributed by atoms with E-state index in [2.05, 4.69) is 40.3 Å². The Labute approximate surface area is 199 Å². The molecular formula is C26H30ClN3O3. The second kappa shape index (κ2) is 10.6. The van der Waals surface area contributed by atoms with Gasteiger partial charge in [-0.1, -0.05) is 48.0 Å². The molecule has 0 saturated carbocycles. The lowest BCUT2D eigenvalue weighted by atomic mass is 9.94. The van der Waals surface area contributed by atoms with Crippen LogP contribution >= 0.6 is 11.6 Å². The van der Waals surface area contributed by atoms with E-state index in [0.29, 0.717) is 30.2 Å². The standard InChI is InChI=1S/C26H30ClN3O3/c1-30(2)26-28-14-19(15-29-26)9-17-3-5-18(6-4-17)10-21-11-20(7-8-24(21)27)25-13-22(32)12-23(16-31)33-25/h3-8,11,14-15,22-23,25,31-32H,9-10,12-13,16H2,1-2H3/t22-,23-,25+/m0/s1. The van der Waals surface area contributed by atoms with Crippen molar-refractivity contribution in [1.29, 1.82) is 0 Å². The van der Waals surface area contributed by atoms with E-state index >= 15 is 0 Å². The van der Waals surface area contributed by atoms with E-state index in [9.17, 15) is 10.2 Å². The molecule has 0 bridgehead atoms. The van der Waals surface area contributed by atoms with Crippen LogP contribution in [0.3, 0.4) is 0 Å². The Kier molecular flexibility index (Phi) is 7.60. The summed E-state index contributed by atoms with van der Waals surface area (Å²) >= 11 is 6.50. The van der Waals surface area contributed by atoms with Crippen LogP contribution in [0.25, 0.3) is 0 Å². The van der Waals surface area contributed by atoms with Crippen molar-refractivity contribution in [2.45, 2.75) is 44.0 Å². The topological polar surface area (TPSA) is 78.7 Å². The molecule has 4 rings (SSSR count). The van der Waals surface area contributed by atoms with Gasteiger partial charge in [-0.05, 0) is 40.3 Å². The van der Waals surface area contributed by atoms with Crippen LogP contribution in [-0.4, -0.2) is 53.1 Å².